The van der Waals surface area contributed by atoms with E-state index in [0.717, 1.165) is 48.1 Å². The first kappa shape index (κ1) is 57.2. The van der Waals surface area contributed by atoms with Crippen molar-refractivity contribution in [2.45, 2.75) is 115 Å². The summed E-state index contributed by atoms with van der Waals surface area (Å²) in [6.07, 6.45) is 0. The maximum Gasteiger partial charge on any atom is 0.345 e. The lowest BCUT2D eigenvalue weighted by Crippen LogP contribution is -2.29. The van der Waals surface area contributed by atoms with Gasteiger partial charge in [-0.2, -0.15) is 0 Å². The minimum Gasteiger partial charge on any atom is -0.481 e. The number of ether oxygens (including phenoxy) is 6. The Bertz CT molecular complexity index is 2900. The molecule has 0 aromatic heterocycles. The van der Waals surface area contributed by atoms with Gasteiger partial charge in [-0.15, -0.1) is 0 Å². The van der Waals surface area contributed by atoms with Crippen LogP contribution in [-0.4, -0.2) is 54.5 Å². The van der Waals surface area contributed by atoms with Crippen molar-refractivity contribution in [2.24, 2.45) is 0 Å². The Morgan fingerprint density at radius 1 is 0.395 bits per heavy atom. The van der Waals surface area contributed by atoms with Gasteiger partial charge in [0.15, 0.2) is 51.3 Å². The third-order valence-electron chi connectivity index (χ3n) is 11.2. The molecule has 76 heavy (non-hydrogen) atoms. The van der Waals surface area contributed by atoms with Crippen LogP contribution in [0.25, 0.3) is 0 Å². The van der Waals surface area contributed by atoms with Crippen molar-refractivity contribution in [2.75, 3.05) is 19.8 Å². The van der Waals surface area contributed by atoms with Crippen LogP contribution in [0.5, 0.6) is 17.2 Å². The van der Waals surface area contributed by atoms with Gasteiger partial charge >= 0.3 is 17.9 Å². The van der Waals surface area contributed by atoms with Gasteiger partial charge in [-0.25, -0.2) is 27.6 Å². The van der Waals surface area contributed by atoms with Crippen molar-refractivity contribution in [1.82, 2.24) is 0 Å². The molecule has 0 saturated carbocycles. The quantitative estimate of drug-likeness (QED) is 0.0430. The molecule has 0 fully saturated rings. The third-order valence-corrected chi connectivity index (χ3v) is 13.3. The highest BCUT2D eigenvalue weighted by Gasteiger charge is 2.34. The molecule has 0 unspecified atom stereocenters. The van der Waals surface area contributed by atoms with Gasteiger partial charge < -0.3 is 28.4 Å². The fourth-order valence-corrected chi connectivity index (χ4v) is 10.4. The minimum absolute atomic E-state index is 0.377. The van der Waals surface area contributed by atoms with E-state index in [9.17, 15) is 27.6 Å². The maximum atomic E-state index is 13.4. The molecule has 6 aromatic carbocycles. The monoisotopic (exact) mass is 1050 g/mol. The van der Waals surface area contributed by atoms with Gasteiger partial charge in [0, 0.05) is 53.1 Å². The average Bonchev–Trinajstić information content (AvgIpc) is 3.33. The molecule has 0 bridgehead atoms. The number of rotatable bonds is 15. The first-order valence-corrected chi connectivity index (χ1v) is 25.5. The fourth-order valence-electron chi connectivity index (χ4n) is 7.86. The second kappa shape index (κ2) is 24.5. The van der Waals surface area contributed by atoms with Crippen molar-refractivity contribution >= 4 is 28.8 Å². The van der Waals surface area contributed by atoms with E-state index in [4.69, 9.17) is 28.4 Å². The molecule has 13 heteroatoms. The molecule has 6 aromatic rings. The lowest BCUT2D eigenvalue weighted by molar-refractivity contribution is -0.155. The number of carbonyl (C=O) groups is 3. The second-order valence-corrected chi connectivity index (χ2v) is 21.6. The van der Waals surface area contributed by atoms with Crippen LogP contribution in [0.1, 0.15) is 91.6 Å². The Morgan fingerprint density at radius 3 is 0.816 bits per heavy atom. The molecular weight excluding hydrogens is 990 g/mol. The van der Waals surface area contributed by atoms with E-state index in [2.05, 4.69) is 35.5 Å². The van der Waals surface area contributed by atoms with Crippen LogP contribution in [0.2, 0.25) is 0 Å². The Hall–Kier alpha value is -8.05. The van der Waals surface area contributed by atoms with Crippen LogP contribution in [0.3, 0.4) is 0 Å². The van der Waals surface area contributed by atoms with Crippen LogP contribution in [0.15, 0.2) is 124 Å². The predicted octanol–water partition coefficient (Wildman–Crippen LogP) is 12.3. The zero-order valence-corrected chi connectivity index (χ0v) is 45.5. The van der Waals surface area contributed by atoms with Gasteiger partial charge in [-0.05, 0) is 189 Å². The highest BCUT2D eigenvalue weighted by molar-refractivity contribution is 7.97. The molecule has 0 N–H and O–H groups in total. The zero-order valence-electron chi connectivity index (χ0n) is 44.7. The van der Waals surface area contributed by atoms with Crippen molar-refractivity contribution < 1.29 is 56.0 Å². The average molecular weight is 1050 g/mol. The molecule has 0 spiro atoms. The first-order chi connectivity index (χ1) is 35.7. The molecule has 0 atom stereocenters. The third kappa shape index (κ3) is 16.5. The van der Waals surface area contributed by atoms with E-state index in [1.54, 1.807) is 77.9 Å². The summed E-state index contributed by atoms with van der Waals surface area (Å²) in [4.78, 5) is 42.2. The number of carbonyl (C=O) groups excluding carboxylic acids is 3. The van der Waals surface area contributed by atoms with Gasteiger partial charge in [0.05, 0.1) is 10.9 Å². The normalized spacial score (nSPS) is 11.2. The highest BCUT2D eigenvalue weighted by atomic mass is 32.2. The predicted molar refractivity (Wildman–Crippen MR) is 287 cm³/mol. The van der Waals surface area contributed by atoms with E-state index in [1.807, 2.05) is 77.9 Å². The van der Waals surface area contributed by atoms with E-state index in [-0.39, 0.29) is 37.3 Å². The Morgan fingerprint density at radius 2 is 0.605 bits per heavy atom. The second-order valence-electron chi connectivity index (χ2n) is 19.6. The standard InChI is InChI=1S/C63H60F3O9S/c1-40-31-52(32-41(2)58(40)70-37-55(67)73-61(7,8)28-25-46-13-19-49(64)20-14-46)76(53-33-42(3)59(43(4)34-53)71-38-56(68)74-62(9,10)29-26-47-15-21-50(65)22-16-47)54-35-44(5)60(45(6)36-54)72-39-57(69)75-63(11,12)30-27-48-17-23-51(66)24-18-48/h13-24,31-36H,37-39H2,1-12H3/q+1. The van der Waals surface area contributed by atoms with Gasteiger partial charge in [0.1, 0.15) is 34.7 Å². The molecule has 6 rings (SSSR count). The van der Waals surface area contributed by atoms with Crippen LogP contribution in [0, 0.1) is 94.5 Å². The Kier molecular flexibility index (Phi) is 18.5. The van der Waals surface area contributed by atoms with Crippen molar-refractivity contribution in [3.05, 3.63) is 177 Å². The molecule has 0 amide bonds. The van der Waals surface area contributed by atoms with Crippen molar-refractivity contribution in [3.8, 4) is 52.8 Å². The van der Waals surface area contributed by atoms with E-state index < -0.39 is 45.6 Å². The van der Waals surface area contributed by atoms with Crippen LogP contribution in [0.4, 0.5) is 13.2 Å². The fraction of sp³-hybridized carbons (Fsp3) is 0.286. The van der Waals surface area contributed by atoms with Crippen LogP contribution >= 0.6 is 0 Å². The van der Waals surface area contributed by atoms with Gasteiger partial charge in [-0.3, -0.25) is 0 Å². The summed E-state index contributed by atoms with van der Waals surface area (Å²) >= 11 is 0. The number of aryl methyl sites for hydroxylation is 6. The molecule has 0 saturated heterocycles. The Labute approximate surface area is 446 Å². The molecule has 0 heterocycles. The molecule has 0 aliphatic carbocycles. The summed E-state index contributed by atoms with van der Waals surface area (Å²) in [5, 5.41) is 0. The number of halogens is 3. The maximum absolute atomic E-state index is 13.4. The summed E-state index contributed by atoms with van der Waals surface area (Å²) in [6.45, 7) is 20.3. The smallest absolute Gasteiger partial charge is 0.345 e. The molecule has 9 nitrogen and oxygen atoms in total. The SMILES string of the molecule is Cc1cc([S+](c2cc(C)c(OCC(=O)OC(C)(C)C#Cc3ccc(F)cc3)c(C)c2)c2cc(C)c(OCC(=O)OC(C)(C)C#Cc3ccc(F)cc3)c(C)c2)cc(C)c1OCC(=O)OC(C)(C)C#Cc1ccc(F)cc1. The molecular formula is C63H60F3O9S+. The molecule has 0 aliphatic rings. The molecule has 0 radical (unpaired) electrons. The number of hydrogen-bond donors (Lipinski definition) is 0. The summed E-state index contributed by atoms with van der Waals surface area (Å²) in [6, 6.07) is 29.3. The molecule has 0 aliphatic heterocycles. The number of benzene rings is 6. The number of esters is 3. The largest absolute Gasteiger partial charge is 0.481 e. The topological polar surface area (TPSA) is 107 Å². The van der Waals surface area contributed by atoms with Gasteiger partial charge in [0.25, 0.3) is 0 Å². The first-order valence-electron chi connectivity index (χ1n) is 24.2. The van der Waals surface area contributed by atoms with Gasteiger partial charge in [0.2, 0.25) is 0 Å². The van der Waals surface area contributed by atoms with E-state index in [1.165, 1.54) is 36.4 Å². The zero-order chi connectivity index (χ0) is 55.5. The summed E-state index contributed by atoms with van der Waals surface area (Å²) in [7, 11) is -0.788. The van der Waals surface area contributed by atoms with Crippen LogP contribution in [-0.2, 0) is 39.5 Å². The minimum atomic E-state index is -1.16. The number of hydrogen-bond acceptors (Lipinski definition) is 9. The van der Waals surface area contributed by atoms with E-state index in [0.29, 0.717) is 33.9 Å². The summed E-state index contributed by atoms with van der Waals surface area (Å²) in [5.41, 5.74) is 2.87. The van der Waals surface area contributed by atoms with Gasteiger partial charge in [-0.1, -0.05) is 35.5 Å². The van der Waals surface area contributed by atoms with Crippen molar-refractivity contribution in [3.63, 3.8) is 0 Å². The van der Waals surface area contributed by atoms with E-state index >= 15 is 0 Å². The van der Waals surface area contributed by atoms with Crippen LogP contribution < -0.4 is 14.2 Å². The molecule has 392 valence electrons. The Balaban J connectivity index is 1.25. The highest BCUT2D eigenvalue weighted by Crippen LogP contribution is 2.40. The summed E-state index contributed by atoms with van der Waals surface area (Å²) in [5.74, 6) is 16.1. The summed E-state index contributed by atoms with van der Waals surface area (Å²) < 4.78 is 75.6. The van der Waals surface area contributed by atoms with Crippen molar-refractivity contribution in [1.29, 1.82) is 0 Å². The lowest BCUT2D eigenvalue weighted by atomic mass is 10.1. The lowest BCUT2D eigenvalue weighted by Gasteiger charge is -2.21.